The largest absolute Gasteiger partial charge is 0.339 e. The molecule has 0 fully saturated rings. The van der Waals surface area contributed by atoms with Crippen molar-refractivity contribution < 1.29 is 9.59 Å². The molecule has 2 N–H and O–H groups in total. The molecule has 12 heteroatoms. The Hall–Kier alpha value is -5.03. The number of hydrogen-bond acceptors (Lipinski definition) is 6. The number of carbonyl (C=O) groups is 2. The van der Waals surface area contributed by atoms with E-state index in [0.29, 0.717) is 27.7 Å². The topological polar surface area (TPSA) is 129 Å². The van der Waals surface area contributed by atoms with Crippen LogP contribution in [0.25, 0.3) is 22.4 Å². The van der Waals surface area contributed by atoms with Crippen LogP contribution in [-0.4, -0.2) is 47.2 Å². The van der Waals surface area contributed by atoms with E-state index in [0.717, 1.165) is 16.7 Å². The number of nitrogens with one attached hydrogen (secondary N) is 2. The fourth-order valence-corrected chi connectivity index (χ4v) is 4.87. The first-order valence-electron chi connectivity index (χ1n) is 13.7. The minimum Gasteiger partial charge on any atom is -0.339 e. The van der Waals surface area contributed by atoms with Gasteiger partial charge < -0.3 is 15.2 Å². The molecule has 0 saturated heterocycles. The van der Waals surface area contributed by atoms with Crippen molar-refractivity contribution in [2.75, 3.05) is 5.32 Å². The molecule has 220 valence electrons. The third kappa shape index (κ3) is 6.73. The van der Waals surface area contributed by atoms with Gasteiger partial charge in [0.15, 0.2) is 0 Å². The Morgan fingerprint density at radius 2 is 1.65 bits per heavy atom. The number of hydrogen-bond donors (Lipinski definition) is 2. The summed E-state index contributed by atoms with van der Waals surface area (Å²) in [5.74, 6) is -0.868. The van der Waals surface area contributed by atoms with Crippen molar-refractivity contribution in [3.63, 3.8) is 0 Å². The van der Waals surface area contributed by atoms with Crippen molar-refractivity contribution in [2.24, 2.45) is 14.1 Å². The Balaban J connectivity index is 1.42. The molecule has 0 aliphatic rings. The predicted octanol–water partition coefficient (Wildman–Crippen LogP) is 4.26. The molecule has 3 heterocycles. The number of anilines is 1. The van der Waals surface area contributed by atoms with E-state index >= 15 is 0 Å². The first-order valence-corrected chi connectivity index (χ1v) is 14.0. The van der Waals surface area contributed by atoms with Crippen LogP contribution in [0.2, 0.25) is 5.02 Å². The molecule has 2 amide bonds. The second-order valence-corrected chi connectivity index (χ2v) is 10.9. The number of benzene rings is 2. The Kier molecular flexibility index (Phi) is 8.53. The smallest absolute Gasteiger partial charge is 0.270 e. The van der Waals surface area contributed by atoms with Crippen LogP contribution in [0.1, 0.15) is 35.9 Å². The SMILES string of the molecule is CC(C)n1cc(-c2ccc(Cl)c(CC(NC(=O)c3ccnn3C)C(=O)Nc3ccc(-c4cn(C)nn4)cc3)c2)ccc1=O. The van der Waals surface area contributed by atoms with Crippen LogP contribution in [-0.2, 0) is 25.3 Å². The van der Waals surface area contributed by atoms with E-state index in [-0.39, 0.29) is 18.0 Å². The van der Waals surface area contributed by atoms with Crippen molar-refractivity contribution in [1.29, 1.82) is 0 Å². The van der Waals surface area contributed by atoms with E-state index in [4.69, 9.17) is 11.6 Å². The number of pyridine rings is 1. The van der Waals surface area contributed by atoms with Gasteiger partial charge in [0.2, 0.25) is 5.91 Å². The van der Waals surface area contributed by atoms with Crippen molar-refractivity contribution in [2.45, 2.75) is 32.4 Å². The third-order valence-corrected chi connectivity index (χ3v) is 7.39. The van der Waals surface area contributed by atoms with Gasteiger partial charge >= 0.3 is 0 Å². The van der Waals surface area contributed by atoms with Gasteiger partial charge in [0, 0.05) is 61.3 Å². The number of aryl methyl sites for hydroxylation is 2. The molecule has 0 aliphatic carbocycles. The second-order valence-electron chi connectivity index (χ2n) is 10.5. The summed E-state index contributed by atoms with van der Waals surface area (Å²) in [5, 5.41) is 18.3. The monoisotopic (exact) mass is 598 g/mol. The van der Waals surface area contributed by atoms with E-state index in [2.05, 4.69) is 26.0 Å². The quantitative estimate of drug-likeness (QED) is 0.261. The lowest BCUT2D eigenvalue weighted by atomic mass is 9.99. The lowest BCUT2D eigenvalue weighted by molar-refractivity contribution is -0.118. The van der Waals surface area contributed by atoms with Crippen molar-refractivity contribution in [3.05, 3.63) is 106 Å². The summed E-state index contributed by atoms with van der Waals surface area (Å²) in [7, 11) is 3.44. The molecular formula is C31H31ClN8O3. The summed E-state index contributed by atoms with van der Waals surface area (Å²) >= 11 is 6.61. The van der Waals surface area contributed by atoms with Crippen molar-refractivity contribution in [3.8, 4) is 22.4 Å². The number of rotatable bonds is 9. The lowest BCUT2D eigenvalue weighted by Gasteiger charge is -2.20. The second kappa shape index (κ2) is 12.5. The zero-order valence-electron chi connectivity index (χ0n) is 24.2. The van der Waals surface area contributed by atoms with Crippen LogP contribution in [0.4, 0.5) is 5.69 Å². The van der Waals surface area contributed by atoms with Crippen LogP contribution in [0.3, 0.4) is 0 Å². The summed E-state index contributed by atoms with van der Waals surface area (Å²) in [6.07, 6.45) is 5.23. The Bertz CT molecular complexity index is 1840. The summed E-state index contributed by atoms with van der Waals surface area (Å²) in [6, 6.07) is 16.6. The lowest BCUT2D eigenvalue weighted by Crippen LogP contribution is -2.45. The fraction of sp³-hybridized carbons (Fsp3) is 0.226. The predicted molar refractivity (Wildman–Crippen MR) is 165 cm³/mol. The zero-order chi connectivity index (χ0) is 30.7. The minimum atomic E-state index is -0.973. The first kappa shape index (κ1) is 29.5. The van der Waals surface area contributed by atoms with E-state index < -0.39 is 17.9 Å². The number of halogens is 1. The minimum absolute atomic E-state index is 0.01000. The van der Waals surface area contributed by atoms with Gasteiger partial charge in [-0.1, -0.05) is 35.0 Å². The molecular weight excluding hydrogens is 568 g/mol. The van der Waals surface area contributed by atoms with E-state index in [1.54, 1.807) is 66.1 Å². The van der Waals surface area contributed by atoms with Crippen LogP contribution >= 0.6 is 11.6 Å². The highest BCUT2D eigenvalue weighted by atomic mass is 35.5. The van der Waals surface area contributed by atoms with E-state index in [1.807, 2.05) is 38.1 Å². The van der Waals surface area contributed by atoms with Gasteiger partial charge in [0.05, 0.1) is 6.20 Å². The van der Waals surface area contributed by atoms with Crippen LogP contribution in [0, 0.1) is 0 Å². The molecule has 1 atom stereocenters. The molecule has 0 radical (unpaired) electrons. The average Bonchev–Trinajstić information content (AvgIpc) is 3.62. The molecule has 5 rings (SSSR count). The molecule has 0 aliphatic heterocycles. The molecule has 1 unspecified atom stereocenters. The highest BCUT2D eigenvalue weighted by molar-refractivity contribution is 6.31. The average molecular weight is 599 g/mol. The van der Waals surface area contributed by atoms with E-state index in [9.17, 15) is 14.4 Å². The molecule has 0 bridgehead atoms. The Morgan fingerprint density at radius 1 is 0.930 bits per heavy atom. The van der Waals surface area contributed by atoms with Crippen LogP contribution in [0.15, 0.2) is 84.0 Å². The van der Waals surface area contributed by atoms with Crippen molar-refractivity contribution >= 4 is 29.1 Å². The fourth-order valence-electron chi connectivity index (χ4n) is 4.68. The highest BCUT2D eigenvalue weighted by Crippen LogP contribution is 2.27. The van der Waals surface area contributed by atoms with Crippen molar-refractivity contribution in [1.82, 2.24) is 34.7 Å². The number of nitrogens with zero attached hydrogens (tertiary/aromatic N) is 6. The Morgan fingerprint density at radius 3 is 2.30 bits per heavy atom. The van der Waals surface area contributed by atoms with Gasteiger partial charge in [-0.15, -0.1) is 5.10 Å². The third-order valence-electron chi connectivity index (χ3n) is 7.02. The van der Waals surface area contributed by atoms with Crippen LogP contribution in [0.5, 0.6) is 0 Å². The molecule has 43 heavy (non-hydrogen) atoms. The van der Waals surface area contributed by atoms with E-state index in [1.165, 1.54) is 16.9 Å². The molecule has 11 nitrogen and oxygen atoms in total. The van der Waals surface area contributed by atoms with Crippen LogP contribution < -0.4 is 16.2 Å². The van der Waals surface area contributed by atoms with Gasteiger partial charge in [0.1, 0.15) is 17.4 Å². The number of carbonyl (C=O) groups excluding carboxylic acids is 2. The Labute approximate surface area is 253 Å². The summed E-state index contributed by atoms with van der Waals surface area (Å²) in [5.41, 5.74) is 4.63. The highest BCUT2D eigenvalue weighted by Gasteiger charge is 2.25. The summed E-state index contributed by atoms with van der Waals surface area (Å²) in [6.45, 7) is 3.88. The van der Waals surface area contributed by atoms with Gasteiger partial charge in [-0.25, -0.2) is 0 Å². The van der Waals surface area contributed by atoms with Gasteiger partial charge in [-0.2, -0.15) is 5.10 Å². The molecule has 0 saturated carbocycles. The van der Waals surface area contributed by atoms with Gasteiger partial charge in [-0.3, -0.25) is 23.7 Å². The number of aromatic nitrogens is 6. The van der Waals surface area contributed by atoms with Gasteiger partial charge in [-0.05, 0) is 66.9 Å². The molecule has 2 aromatic carbocycles. The normalized spacial score (nSPS) is 11.9. The zero-order valence-corrected chi connectivity index (χ0v) is 24.9. The summed E-state index contributed by atoms with van der Waals surface area (Å²) < 4.78 is 4.71. The molecule has 3 aromatic heterocycles. The molecule has 0 spiro atoms. The summed E-state index contributed by atoms with van der Waals surface area (Å²) in [4.78, 5) is 39.1. The maximum absolute atomic E-state index is 13.6. The first-order chi connectivity index (χ1) is 20.6. The molecule has 5 aromatic rings. The van der Waals surface area contributed by atoms with Gasteiger partial charge in [0.25, 0.3) is 11.5 Å². The number of amides is 2. The maximum Gasteiger partial charge on any atom is 0.270 e. The standard InChI is InChI=1S/C31H31ClN8O3/c1-19(2)40-17-22(8-12-29(40)41)21-7-11-25(32)23(15-21)16-26(35-31(43)28-13-14-33-39(28)4)30(42)34-24-9-5-20(6-10-24)27-18-38(3)37-36-27/h5-15,17-19,26H,16H2,1-4H3,(H,34,42)(H,35,43). The maximum atomic E-state index is 13.6.